The zero-order valence-electron chi connectivity index (χ0n) is 13.7. The zero-order chi connectivity index (χ0) is 17.4. The van der Waals surface area contributed by atoms with Crippen molar-refractivity contribution in [1.82, 2.24) is 14.6 Å². The molecule has 0 spiro atoms. The molecule has 25 heavy (non-hydrogen) atoms. The van der Waals surface area contributed by atoms with Crippen LogP contribution in [0.4, 0.5) is 10.2 Å². The van der Waals surface area contributed by atoms with E-state index in [-0.39, 0.29) is 17.6 Å². The first-order chi connectivity index (χ1) is 12.1. The molecule has 3 aromatic rings. The van der Waals surface area contributed by atoms with Crippen molar-refractivity contribution in [3.8, 4) is 5.75 Å². The number of nitrogens with one attached hydrogen (secondary N) is 1. The number of hydrogen-bond acceptors (Lipinski definition) is 5. The third kappa shape index (κ3) is 2.93. The predicted octanol–water partition coefficient (Wildman–Crippen LogP) is 3.40. The fourth-order valence-electron chi connectivity index (χ4n) is 2.98. The van der Waals surface area contributed by atoms with Crippen LogP contribution < -0.4 is 10.1 Å². The molecular formula is C18H17FN4O2. The van der Waals surface area contributed by atoms with Gasteiger partial charge in [0.1, 0.15) is 17.4 Å². The fraction of sp³-hybridized carbons (Fsp3) is 0.278. The first kappa shape index (κ1) is 15.6. The van der Waals surface area contributed by atoms with Crippen LogP contribution in [0.15, 0.2) is 36.7 Å². The van der Waals surface area contributed by atoms with Crippen LogP contribution in [-0.2, 0) is 0 Å². The van der Waals surface area contributed by atoms with Crippen molar-refractivity contribution in [2.45, 2.75) is 25.8 Å². The maximum Gasteiger partial charge on any atom is 0.168 e. The quantitative estimate of drug-likeness (QED) is 0.679. The highest BCUT2D eigenvalue weighted by Crippen LogP contribution is 2.29. The minimum atomic E-state index is -0.322. The van der Waals surface area contributed by atoms with Crippen molar-refractivity contribution >= 4 is 17.2 Å². The number of rotatable bonds is 0. The Hall–Kier alpha value is -2.96. The summed E-state index contributed by atoms with van der Waals surface area (Å²) in [5, 5.41) is 7.42. The molecule has 0 aliphatic carbocycles. The van der Waals surface area contributed by atoms with Crippen molar-refractivity contribution in [3.05, 3.63) is 53.6 Å². The molecule has 7 heteroatoms. The lowest BCUT2D eigenvalue weighted by Gasteiger charge is -2.19. The van der Waals surface area contributed by atoms with Crippen LogP contribution in [0.3, 0.4) is 0 Å². The number of benzene rings is 1. The number of hydrogen-bond donors (Lipinski definition) is 1. The maximum absolute atomic E-state index is 13.7. The Bertz CT molecular complexity index is 953. The summed E-state index contributed by atoms with van der Waals surface area (Å²) in [5.41, 5.74) is 1.72. The highest BCUT2D eigenvalue weighted by Gasteiger charge is 2.18. The molecule has 1 aliphatic rings. The van der Waals surface area contributed by atoms with E-state index in [1.54, 1.807) is 29.0 Å². The van der Waals surface area contributed by atoms with Crippen molar-refractivity contribution in [2.24, 2.45) is 0 Å². The lowest BCUT2D eigenvalue weighted by Crippen LogP contribution is -2.11. The first-order valence-electron chi connectivity index (χ1n) is 8.18. The monoisotopic (exact) mass is 340 g/mol. The van der Waals surface area contributed by atoms with Crippen molar-refractivity contribution in [3.63, 3.8) is 0 Å². The van der Waals surface area contributed by atoms with Crippen LogP contribution in [0.2, 0.25) is 0 Å². The average Bonchev–Trinajstić information content (AvgIpc) is 3.02. The van der Waals surface area contributed by atoms with E-state index >= 15 is 0 Å². The summed E-state index contributed by atoms with van der Waals surface area (Å²) in [6.07, 6.45) is 4.19. The van der Waals surface area contributed by atoms with Crippen molar-refractivity contribution < 1.29 is 13.9 Å². The molecule has 0 saturated carbocycles. The smallest absolute Gasteiger partial charge is 0.168 e. The van der Waals surface area contributed by atoms with Crippen molar-refractivity contribution in [1.29, 1.82) is 0 Å². The molecular weight excluding hydrogens is 323 g/mol. The Morgan fingerprint density at radius 3 is 3.12 bits per heavy atom. The minimum absolute atomic E-state index is 0.0186. The summed E-state index contributed by atoms with van der Waals surface area (Å²) >= 11 is 0. The van der Waals surface area contributed by atoms with E-state index in [0.717, 1.165) is 0 Å². The van der Waals surface area contributed by atoms with E-state index in [9.17, 15) is 9.18 Å². The number of halogens is 1. The Labute approximate surface area is 143 Å². The van der Waals surface area contributed by atoms with Crippen LogP contribution in [0.25, 0.3) is 5.65 Å². The van der Waals surface area contributed by atoms with E-state index in [0.29, 0.717) is 47.8 Å². The van der Waals surface area contributed by atoms with Crippen molar-refractivity contribution in [2.75, 3.05) is 11.9 Å². The molecule has 0 unspecified atom stereocenters. The van der Waals surface area contributed by atoms with Crippen LogP contribution in [0, 0.1) is 5.82 Å². The van der Waals surface area contributed by atoms with Crippen LogP contribution in [-0.4, -0.2) is 27.0 Å². The van der Waals surface area contributed by atoms with Gasteiger partial charge in [-0.2, -0.15) is 5.10 Å². The van der Waals surface area contributed by atoms with Gasteiger partial charge < -0.3 is 10.1 Å². The number of nitrogens with zero attached hydrogens (tertiary/aromatic N) is 3. The number of ether oxygens (including phenoxy) is 1. The number of carbonyl (C=O) groups is 1. The summed E-state index contributed by atoms with van der Waals surface area (Å²) in [7, 11) is 0. The number of Topliss-reactive ketones (excluding diaryl/α,β-unsaturated/α-hetero) is 1. The number of ketones is 1. The summed E-state index contributed by atoms with van der Waals surface area (Å²) < 4.78 is 21.1. The van der Waals surface area contributed by atoms with Gasteiger partial charge in [-0.15, -0.1) is 0 Å². The van der Waals surface area contributed by atoms with Crippen LogP contribution >= 0.6 is 0 Å². The van der Waals surface area contributed by atoms with Gasteiger partial charge in [0.15, 0.2) is 11.4 Å². The van der Waals surface area contributed by atoms with Gasteiger partial charge in [0.25, 0.3) is 0 Å². The molecule has 2 aromatic heterocycles. The Morgan fingerprint density at radius 1 is 1.36 bits per heavy atom. The number of aromatic nitrogens is 3. The second-order valence-electron chi connectivity index (χ2n) is 6.06. The van der Waals surface area contributed by atoms with E-state index in [1.807, 2.05) is 6.92 Å². The van der Waals surface area contributed by atoms with Gasteiger partial charge in [0, 0.05) is 18.2 Å². The van der Waals surface area contributed by atoms with E-state index in [1.165, 1.54) is 12.1 Å². The number of anilines is 1. The Kier molecular flexibility index (Phi) is 3.83. The number of carbonyl (C=O) groups excluding carboxylic acids is 1. The average molecular weight is 340 g/mol. The second-order valence-corrected chi connectivity index (χ2v) is 6.06. The summed E-state index contributed by atoms with van der Waals surface area (Å²) in [6, 6.07) is 6.00. The standard InChI is InChI=1S/C18H17FN4O2/c1-11-13-9-12(19)4-5-16(13)25-8-2-3-15(24)14-10-20-23-7-6-17(21-11)22-18(14)23/h4-7,9-11H,2-3,8H2,1H3,(H,21,22)/t11-/m1/s1. The van der Waals surface area contributed by atoms with Gasteiger partial charge in [0.2, 0.25) is 0 Å². The highest BCUT2D eigenvalue weighted by molar-refractivity contribution is 6.01. The van der Waals surface area contributed by atoms with E-state index < -0.39 is 0 Å². The molecule has 0 amide bonds. The van der Waals surface area contributed by atoms with E-state index in [2.05, 4.69) is 15.4 Å². The molecule has 1 aromatic carbocycles. The van der Waals surface area contributed by atoms with Gasteiger partial charge in [-0.1, -0.05) is 0 Å². The maximum atomic E-state index is 13.7. The third-order valence-corrected chi connectivity index (χ3v) is 4.28. The summed E-state index contributed by atoms with van der Waals surface area (Å²) in [4.78, 5) is 16.9. The SMILES string of the molecule is C[C@H]1Nc2ccn3ncc(c3n2)C(=O)CCCOc2ccc(F)cc21. The van der Waals surface area contributed by atoms with Gasteiger partial charge >= 0.3 is 0 Å². The fourth-order valence-corrected chi connectivity index (χ4v) is 2.98. The Balaban J connectivity index is 1.80. The predicted molar refractivity (Wildman–Crippen MR) is 90.5 cm³/mol. The van der Waals surface area contributed by atoms with E-state index in [4.69, 9.17) is 4.74 Å². The number of fused-ring (bicyclic) bond motifs is 2. The second kappa shape index (κ2) is 6.16. The molecule has 4 rings (SSSR count). The van der Waals surface area contributed by atoms with Gasteiger partial charge in [-0.3, -0.25) is 4.79 Å². The molecule has 128 valence electrons. The Morgan fingerprint density at radius 2 is 2.24 bits per heavy atom. The summed E-state index contributed by atoms with van der Waals surface area (Å²) in [6.45, 7) is 2.29. The van der Waals surface area contributed by atoms with Gasteiger partial charge in [-0.25, -0.2) is 13.9 Å². The third-order valence-electron chi connectivity index (χ3n) is 4.28. The van der Waals surface area contributed by atoms with Gasteiger partial charge in [-0.05, 0) is 37.6 Å². The normalized spacial score (nSPS) is 17.8. The first-order valence-corrected chi connectivity index (χ1v) is 8.18. The molecule has 1 atom stereocenters. The summed E-state index contributed by atoms with van der Waals surface area (Å²) in [5.74, 6) is 0.855. The molecule has 1 N–H and O–H groups in total. The minimum Gasteiger partial charge on any atom is -0.493 e. The highest BCUT2D eigenvalue weighted by atomic mass is 19.1. The molecule has 0 fully saturated rings. The zero-order valence-corrected chi connectivity index (χ0v) is 13.7. The van der Waals surface area contributed by atoms with Gasteiger partial charge in [0.05, 0.1) is 24.4 Å². The lowest BCUT2D eigenvalue weighted by molar-refractivity contribution is 0.0975. The topological polar surface area (TPSA) is 68.5 Å². The molecule has 2 bridgehead atoms. The molecule has 0 radical (unpaired) electrons. The lowest BCUT2D eigenvalue weighted by atomic mass is 10.1. The largest absolute Gasteiger partial charge is 0.493 e. The molecule has 0 saturated heterocycles. The molecule has 6 nitrogen and oxygen atoms in total. The molecule has 1 aliphatic heterocycles. The molecule has 3 heterocycles. The van der Waals surface area contributed by atoms with Crippen LogP contribution in [0.1, 0.15) is 41.7 Å². The van der Waals surface area contributed by atoms with Crippen LogP contribution in [0.5, 0.6) is 5.75 Å².